The van der Waals surface area contributed by atoms with E-state index in [9.17, 15) is 4.79 Å². The van der Waals surface area contributed by atoms with Gasteiger partial charge in [-0.15, -0.1) is 5.10 Å². The van der Waals surface area contributed by atoms with Gasteiger partial charge in [0.25, 0.3) is 0 Å². The molecule has 0 bridgehead atoms. The van der Waals surface area contributed by atoms with Crippen molar-refractivity contribution in [3.05, 3.63) is 67.3 Å². The van der Waals surface area contributed by atoms with E-state index in [1.807, 2.05) is 30.5 Å². The second-order valence-electron chi connectivity index (χ2n) is 6.32. The van der Waals surface area contributed by atoms with Crippen molar-refractivity contribution in [3.63, 3.8) is 0 Å². The number of ether oxygens (including phenoxy) is 2. The molecule has 0 radical (unpaired) electrons. The monoisotopic (exact) mass is 404 g/mol. The van der Waals surface area contributed by atoms with Gasteiger partial charge in [0.2, 0.25) is 5.88 Å². The lowest BCUT2D eigenvalue weighted by Gasteiger charge is -2.07. The molecule has 30 heavy (non-hydrogen) atoms. The molecular weight excluding hydrogens is 384 g/mol. The van der Waals surface area contributed by atoms with Gasteiger partial charge in [0, 0.05) is 36.3 Å². The van der Waals surface area contributed by atoms with Gasteiger partial charge in [-0.1, -0.05) is 0 Å². The number of hydrogen-bond donors (Lipinski definition) is 2. The first-order chi connectivity index (χ1) is 14.7. The average molecular weight is 404 g/mol. The number of pyridine rings is 3. The minimum atomic E-state index is -0.354. The number of nitrogens with zero attached hydrogens (tertiary/aromatic N) is 4. The standard InChI is InChI=1S/C21H20N6O3/c1-29-20-5-4-16(13-24-20)15-6-9-27-17(11-15)12-19(26-27)25-21(28)23-8-10-30-18-3-2-7-22-14-18/h2-7,9,11-14H,8,10H2,1H3,(H2,23,25,26,28). The third-order valence-electron chi connectivity index (χ3n) is 4.27. The fourth-order valence-electron chi connectivity index (χ4n) is 2.83. The van der Waals surface area contributed by atoms with Crippen molar-refractivity contribution in [3.8, 4) is 22.8 Å². The van der Waals surface area contributed by atoms with Gasteiger partial charge >= 0.3 is 6.03 Å². The number of anilines is 1. The molecule has 0 fully saturated rings. The first kappa shape index (κ1) is 19.2. The van der Waals surface area contributed by atoms with Crippen LogP contribution in [0.1, 0.15) is 0 Å². The Morgan fingerprint density at radius 3 is 2.83 bits per heavy atom. The summed E-state index contributed by atoms with van der Waals surface area (Å²) in [5.41, 5.74) is 2.79. The fraction of sp³-hybridized carbons (Fsp3) is 0.143. The Labute approximate surface area is 172 Å². The van der Waals surface area contributed by atoms with Crippen molar-refractivity contribution < 1.29 is 14.3 Å². The molecular formula is C21H20N6O3. The van der Waals surface area contributed by atoms with Crippen LogP contribution < -0.4 is 20.1 Å². The van der Waals surface area contributed by atoms with E-state index >= 15 is 0 Å². The van der Waals surface area contributed by atoms with Crippen LogP contribution in [0.2, 0.25) is 0 Å². The highest BCUT2D eigenvalue weighted by Gasteiger charge is 2.08. The molecule has 0 aromatic carbocycles. The number of methoxy groups -OCH3 is 1. The number of aromatic nitrogens is 4. The van der Waals surface area contributed by atoms with E-state index in [0.29, 0.717) is 30.6 Å². The lowest BCUT2D eigenvalue weighted by Crippen LogP contribution is -2.32. The van der Waals surface area contributed by atoms with Crippen LogP contribution in [0.25, 0.3) is 16.6 Å². The molecule has 9 nitrogen and oxygen atoms in total. The predicted octanol–water partition coefficient (Wildman–Crippen LogP) is 3.00. The smallest absolute Gasteiger partial charge is 0.320 e. The minimum absolute atomic E-state index is 0.337. The van der Waals surface area contributed by atoms with Gasteiger partial charge in [-0.25, -0.2) is 14.3 Å². The molecule has 2 N–H and O–H groups in total. The SMILES string of the molecule is COc1ccc(-c2ccn3nc(NC(=O)NCCOc4cccnc4)cc3c2)cn1. The molecule has 4 heterocycles. The maximum atomic E-state index is 12.1. The van der Waals surface area contributed by atoms with E-state index in [1.54, 1.807) is 48.4 Å². The van der Waals surface area contributed by atoms with E-state index in [4.69, 9.17) is 9.47 Å². The number of carbonyl (C=O) groups excluding carboxylic acids is 1. The third-order valence-corrected chi connectivity index (χ3v) is 4.27. The molecule has 9 heteroatoms. The third kappa shape index (κ3) is 4.64. The molecule has 0 saturated carbocycles. The van der Waals surface area contributed by atoms with Gasteiger partial charge in [0.15, 0.2) is 5.82 Å². The van der Waals surface area contributed by atoms with Crippen molar-refractivity contribution in [2.45, 2.75) is 0 Å². The number of amides is 2. The molecule has 0 aliphatic rings. The Kier molecular flexibility index (Phi) is 5.70. The van der Waals surface area contributed by atoms with Crippen molar-refractivity contribution in [2.75, 3.05) is 25.6 Å². The summed E-state index contributed by atoms with van der Waals surface area (Å²) in [6.07, 6.45) is 6.87. The number of urea groups is 1. The van der Waals surface area contributed by atoms with E-state index in [2.05, 4.69) is 25.7 Å². The average Bonchev–Trinajstić information content (AvgIpc) is 3.19. The van der Waals surface area contributed by atoms with E-state index in [0.717, 1.165) is 16.6 Å². The summed E-state index contributed by atoms with van der Waals surface area (Å²) in [6.45, 7) is 0.687. The summed E-state index contributed by atoms with van der Waals surface area (Å²) in [7, 11) is 1.58. The minimum Gasteiger partial charge on any atom is -0.490 e. The molecule has 4 rings (SSSR count). The Morgan fingerprint density at radius 1 is 1.13 bits per heavy atom. The Balaban J connectivity index is 1.34. The molecule has 0 saturated heterocycles. The van der Waals surface area contributed by atoms with Gasteiger partial charge in [-0.2, -0.15) is 0 Å². The second-order valence-corrected chi connectivity index (χ2v) is 6.32. The number of hydrogen-bond acceptors (Lipinski definition) is 6. The van der Waals surface area contributed by atoms with Crippen LogP contribution >= 0.6 is 0 Å². The van der Waals surface area contributed by atoms with Crippen LogP contribution in [-0.4, -0.2) is 45.9 Å². The first-order valence-electron chi connectivity index (χ1n) is 9.29. The molecule has 0 aliphatic carbocycles. The highest BCUT2D eigenvalue weighted by molar-refractivity contribution is 5.89. The highest BCUT2D eigenvalue weighted by atomic mass is 16.5. The van der Waals surface area contributed by atoms with Gasteiger partial charge < -0.3 is 14.8 Å². The maximum Gasteiger partial charge on any atom is 0.320 e. The van der Waals surface area contributed by atoms with Crippen molar-refractivity contribution in [2.24, 2.45) is 0 Å². The summed E-state index contributed by atoms with van der Waals surface area (Å²) in [5, 5.41) is 9.81. The molecule has 0 unspecified atom stereocenters. The number of nitrogens with one attached hydrogen (secondary N) is 2. The van der Waals surface area contributed by atoms with Crippen LogP contribution in [0.15, 0.2) is 67.3 Å². The van der Waals surface area contributed by atoms with E-state index in [-0.39, 0.29) is 6.03 Å². The second kappa shape index (κ2) is 8.91. The van der Waals surface area contributed by atoms with Crippen LogP contribution in [0.3, 0.4) is 0 Å². The van der Waals surface area contributed by atoms with Crippen LogP contribution in [-0.2, 0) is 0 Å². The Hall–Kier alpha value is -4.14. The molecule has 4 aromatic heterocycles. The zero-order valence-corrected chi connectivity index (χ0v) is 16.3. The summed E-state index contributed by atoms with van der Waals surface area (Å²) in [5.74, 6) is 1.67. The summed E-state index contributed by atoms with van der Waals surface area (Å²) < 4.78 is 12.3. The van der Waals surface area contributed by atoms with E-state index in [1.165, 1.54) is 0 Å². The summed E-state index contributed by atoms with van der Waals surface area (Å²) in [6, 6.07) is 12.7. The molecule has 0 atom stereocenters. The quantitative estimate of drug-likeness (QED) is 0.459. The molecule has 4 aromatic rings. The zero-order chi connectivity index (χ0) is 20.8. The maximum absolute atomic E-state index is 12.1. The van der Waals surface area contributed by atoms with Crippen LogP contribution in [0.4, 0.5) is 10.6 Å². The van der Waals surface area contributed by atoms with Crippen molar-refractivity contribution in [1.29, 1.82) is 0 Å². The van der Waals surface area contributed by atoms with Gasteiger partial charge in [0.1, 0.15) is 12.4 Å². The Morgan fingerprint density at radius 2 is 2.07 bits per heavy atom. The lowest BCUT2D eigenvalue weighted by atomic mass is 10.1. The topological polar surface area (TPSA) is 103 Å². The van der Waals surface area contributed by atoms with Gasteiger partial charge in [-0.3, -0.25) is 10.3 Å². The molecule has 152 valence electrons. The normalized spacial score (nSPS) is 10.6. The first-order valence-corrected chi connectivity index (χ1v) is 9.29. The lowest BCUT2D eigenvalue weighted by molar-refractivity contribution is 0.247. The van der Waals surface area contributed by atoms with Crippen LogP contribution in [0.5, 0.6) is 11.6 Å². The van der Waals surface area contributed by atoms with Gasteiger partial charge in [-0.05, 0) is 35.9 Å². The van der Waals surface area contributed by atoms with Crippen molar-refractivity contribution in [1.82, 2.24) is 24.9 Å². The van der Waals surface area contributed by atoms with E-state index < -0.39 is 0 Å². The fourth-order valence-corrected chi connectivity index (χ4v) is 2.83. The summed E-state index contributed by atoms with van der Waals surface area (Å²) in [4.78, 5) is 20.3. The van der Waals surface area contributed by atoms with Crippen LogP contribution in [0, 0.1) is 0 Å². The predicted molar refractivity (Wildman–Crippen MR) is 112 cm³/mol. The molecule has 0 aliphatic heterocycles. The van der Waals surface area contributed by atoms with Gasteiger partial charge in [0.05, 0.1) is 25.4 Å². The number of carbonyl (C=O) groups is 1. The molecule has 0 spiro atoms. The molecule has 2 amide bonds. The summed E-state index contributed by atoms with van der Waals surface area (Å²) >= 11 is 0. The number of fused-ring (bicyclic) bond motifs is 1. The Bertz CT molecular complexity index is 1130. The zero-order valence-electron chi connectivity index (χ0n) is 16.3. The van der Waals surface area contributed by atoms with Crippen molar-refractivity contribution >= 4 is 17.4 Å². The largest absolute Gasteiger partial charge is 0.490 e. The highest BCUT2D eigenvalue weighted by Crippen LogP contribution is 2.23. The number of rotatable bonds is 7.